The smallest absolute Gasteiger partial charge is 0.305 e. The fourth-order valence-corrected chi connectivity index (χ4v) is 7.29. The molecule has 2 aliphatic rings. The highest BCUT2D eigenvalue weighted by atomic mass is 18.2. The largest absolute Gasteiger partial charge is 0.481 e. The molecule has 3 heterocycles. The zero-order chi connectivity index (χ0) is 50.6. The number of carbonyl (C=O) groups excluding carboxylic acids is 7. The van der Waals surface area contributed by atoms with Gasteiger partial charge in [0.1, 0.15) is 61.2 Å². The number of aliphatic carboxylic acids is 1. The van der Waals surface area contributed by atoms with Crippen LogP contribution < -0.4 is 48.7 Å². The minimum absolute atomic E-state index is 0.0466. The molecule has 69 heavy (non-hydrogen) atoms. The van der Waals surface area contributed by atoms with Crippen LogP contribution in [0.15, 0.2) is 41.5 Å². The zero-order valence-corrected chi connectivity index (χ0v) is 37.9. The van der Waals surface area contributed by atoms with Gasteiger partial charge in [-0.15, -0.1) is 5.10 Å². The van der Waals surface area contributed by atoms with Crippen molar-refractivity contribution in [1.29, 1.82) is 0 Å². The maximum Gasteiger partial charge on any atom is 0.305 e. The van der Waals surface area contributed by atoms with Gasteiger partial charge in [-0.1, -0.05) is 35.5 Å². The van der Waals surface area contributed by atoms with Crippen LogP contribution in [-0.2, 0) is 62.5 Å². The molecule has 15 N–H and O–H groups in total. The number of alkyl halides is 1. The molecule has 4 rings (SSSR count). The second-order valence-electron chi connectivity index (χ2n) is 16.6. The molecule has 0 unspecified atom stereocenters. The Labute approximate surface area is 395 Å². The van der Waals surface area contributed by atoms with Crippen molar-refractivity contribution < 1.29 is 67.9 Å². The van der Waals surface area contributed by atoms with Gasteiger partial charge in [0, 0.05) is 32.3 Å². The summed E-state index contributed by atoms with van der Waals surface area (Å²) in [5.74, 6) is -7.63. The monoisotopic (exact) mass is 974 g/mol. The Hall–Kier alpha value is -6.84. The van der Waals surface area contributed by atoms with Crippen molar-refractivity contribution in [3.63, 3.8) is 0 Å². The number of carboxylic acids is 1. The predicted molar refractivity (Wildman–Crippen MR) is 239 cm³/mol. The van der Waals surface area contributed by atoms with E-state index in [0.29, 0.717) is 17.7 Å². The number of unbranched alkanes of at least 4 members (excludes halogenated alkanes) is 1. The molecule has 2 fully saturated rings. The number of aromatic nitrogens is 3. The van der Waals surface area contributed by atoms with Gasteiger partial charge >= 0.3 is 5.97 Å². The number of hydrogen-bond acceptors (Lipinski definition) is 15. The van der Waals surface area contributed by atoms with Gasteiger partial charge in [-0.25, -0.2) is 4.68 Å². The van der Waals surface area contributed by atoms with Gasteiger partial charge in [0.2, 0.25) is 35.4 Å². The molecule has 0 bridgehead atoms. The number of nitrogens with one attached hydrogen (secondary N) is 7. The minimum Gasteiger partial charge on any atom is -0.481 e. The summed E-state index contributed by atoms with van der Waals surface area (Å²) >= 11 is 0. The van der Waals surface area contributed by atoms with E-state index in [1.54, 1.807) is 30.3 Å². The van der Waals surface area contributed by atoms with Crippen LogP contribution in [0.3, 0.4) is 0 Å². The summed E-state index contributed by atoms with van der Waals surface area (Å²) < 4.78 is 19.4. The molecule has 1 aromatic heterocycles. The third-order valence-electron chi connectivity index (χ3n) is 11.0. The lowest BCUT2D eigenvalue weighted by molar-refractivity contribution is -0.219. The van der Waals surface area contributed by atoms with E-state index in [2.05, 4.69) is 52.5 Å². The number of aryl methyl sites for hydroxylation is 1. The number of nitrogens with zero attached hydrogens (tertiary/aromatic N) is 4. The number of rotatable bonds is 21. The Morgan fingerprint density at radius 1 is 0.797 bits per heavy atom. The van der Waals surface area contributed by atoms with Crippen LogP contribution in [-0.4, -0.2) is 176 Å². The Bertz CT molecular complexity index is 2110. The summed E-state index contributed by atoms with van der Waals surface area (Å²) in [4.78, 5) is 110. The standard InChI is InChI=1S/C42H62FN13O13/c1-22-36(63)52-28(18-31(58)59)40(67)53-27(17-23-9-3-2-4-10-23)39(66)51-25(38(65)50-26(37(64)49-22)13-8-16-47-42(44)45)12-5-6-15-46-41(68)35-34(62)33(61)32(60)29(69-35)19-48-30(57)21-56-20-24(54-55-56)11-7-14-43/h2-4,9-10,20,22,25-29,32-35,60-62H,5-8,11-19,21H2,1H3,(H,46,68)(H,48,57)(H,49,64)(H,50,65)(H,51,66)(H,52,63)(H,53,67)(H,58,59)(H4,44,45,47)/t22-,25-,26-,27+,28-,29-,32-,33+,34+,35-/m0/s1/i43-1. The Morgan fingerprint density at radius 3 is 2.09 bits per heavy atom. The third-order valence-corrected chi connectivity index (χ3v) is 11.0. The Kier molecular flexibility index (Phi) is 21.6. The highest BCUT2D eigenvalue weighted by molar-refractivity contribution is 5.98. The van der Waals surface area contributed by atoms with Crippen molar-refractivity contribution in [2.45, 2.75) is 132 Å². The second-order valence-corrected chi connectivity index (χ2v) is 16.6. The molecular formula is C42H62FN13O13. The topological polar surface area (TPSA) is 406 Å². The van der Waals surface area contributed by atoms with Crippen molar-refractivity contribution >= 4 is 53.3 Å². The van der Waals surface area contributed by atoms with E-state index in [-0.39, 0.29) is 77.1 Å². The molecule has 0 aliphatic carbocycles. The second kappa shape index (κ2) is 27.2. The molecule has 1 aromatic carbocycles. The molecule has 2 aliphatic heterocycles. The molecule has 7 amide bonds. The van der Waals surface area contributed by atoms with Crippen LogP contribution in [0.4, 0.5) is 4.39 Å². The van der Waals surface area contributed by atoms with Crippen LogP contribution in [0, 0.1) is 0 Å². The molecule has 26 nitrogen and oxygen atoms in total. The Morgan fingerprint density at radius 2 is 1.42 bits per heavy atom. The first-order valence-corrected chi connectivity index (χ1v) is 22.4. The number of carboxylic acid groups (broad SMARTS) is 1. The number of aliphatic hydroxyl groups excluding tert-OH is 3. The van der Waals surface area contributed by atoms with E-state index in [1.807, 2.05) is 0 Å². The molecule has 27 heteroatoms. The van der Waals surface area contributed by atoms with E-state index in [0.717, 1.165) is 0 Å². The molecule has 0 spiro atoms. The predicted octanol–water partition coefficient (Wildman–Crippen LogP) is -5.34. The molecule has 380 valence electrons. The van der Waals surface area contributed by atoms with Crippen molar-refractivity contribution in [1.82, 2.24) is 52.2 Å². The number of aliphatic imine (C=N–C) groups is 1. The molecule has 0 saturated carbocycles. The van der Waals surface area contributed by atoms with Gasteiger partial charge in [-0.2, -0.15) is 0 Å². The first-order chi connectivity index (χ1) is 32.9. The van der Waals surface area contributed by atoms with Gasteiger partial charge in [-0.3, -0.25) is 47.7 Å². The maximum atomic E-state index is 14.1. The lowest BCUT2D eigenvalue weighted by Gasteiger charge is -2.40. The number of amides is 7. The van der Waals surface area contributed by atoms with E-state index >= 15 is 0 Å². The quantitative estimate of drug-likeness (QED) is 0.0316. The zero-order valence-electron chi connectivity index (χ0n) is 37.9. The van der Waals surface area contributed by atoms with Crippen molar-refractivity contribution in [3.05, 3.63) is 47.8 Å². The normalized spacial score (nSPS) is 25.8. The fraction of sp³-hybridized carbons (Fsp3) is 0.595. The summed E-state index contributed by atoms with van der Waals surface area (Å²) in [7, 11) is 0. The van der Waals surface area contributed by atoms with Crippen LogP contribution in [0.2, 0.25) is 0 Å². The number of nitrogens with two attached hydrogens (primary N) is 2. The van der Waals surface area contributed by atoms with E-state index in [9.17, 15) is 63.2 Å². The number of ether oxygens (including phenoxy) is 1. The maximum absolute atomic E-state index is 14.1. The van der Waals surface area contributed by atoms with E-state index in [1.165, 1.54) is 17.8 Å². The summed E-state index contributed by atoms with van der Waals surface area (Å²) in [5, 5.41) is 66.7. The Balaban J connectivity index is 1.46. The summed E-state index contributed by atoms with van der Waals surface area (Å²) in [6.07, 6.45) is -7.13. The highest BCUT2D eigenvalue weighted by Crippen LogP contribution is 2.21. The van der Waals surface area contributed by atoms with Crippen molar-refractivity contribution in [2.75, 3.05) is 26.3 Å². The van der Waals surface area contributed by atoms with E-state index in [4.69, 9.17) is 16.2 Å². The molecule has 2 saturated heterocycles. The van der Waals surface area contributed by atoms with Crippen LogP contribution in [0.5, 0.6) is 0 Å². The summed E-state index contributed by atoms with van der Waals surface area (Å²) in [5.41, 5.74) is 11.9. The number of benzene rings is 1. The van der Waals surface area contributed by atoms with Gasteiger partial charge in [-0.05, 0) is 57.4 Å². The van der Waals surface area contributed by atoms with Crippen LogP contribution >= 0.6 is 0 Å². The average Bonchev–Trinajstić information content (AvgIpc) is 3.75. The SMILES string of the molecule is C[C@@H]1NC(=O)[C@H](CCCN=C(N)N)NC(=O)[C@H](CCCCNC(=O)[C@H]2O[C@@H](CNC(=O)Cn3cc(CCC[18F])nn3)[C@H](O)[C@@H](O)[C@H]2O)NC(=O)[C@@H](Cc2ccccc2)NC(=O)[C@H](CC(=O)O)NC1=O. The summed E-state index contributed by atoms with van der Waals surface area (Å²) in [6, 6.07) is 1.33. The van der Waals surface area contributed by atoms with Crippen molar-refractivity contribution in [2.24, 2.45) is 16.5 Å². The van der Waals surface area contributed by atoms with Gasteiger partial charge in [0.15, 0.2) is 12.1 Å². The number of carbonyl (C=O) groups is 8. The van der Waals surface area contributed by atoms with Crippen molar-refractivity contribution in [3.8, 4) is 0 Å². The van der Waals surface area contributed by atoms with Gasteiger partial charge < -0.3 is 73.8 Å². The van der Waals surface area contributed by atoms with Crippen LogP contribution in [0.1, 0.15) is 63.1 Å². The number of hydrogen-bond donors (Lipinski definition) is 13. The minimum atomic E-state index is -1.87. The average molecular weight is 975 g/mol. The molecule has 2 aromatic rings. The lowest BCUT2D eigenvalue weighted by Crippen LogP contribution is -2.63. The number of halogens is 1. The molecule has 0 radical (unpaired) electrons. The van der Waals surface area contributed by atoms with Crippen LogP contribution in [0.25, 0.3) is 0 Å². The molecule has 10 atom stereocenters. The third kappa shape index (κ3) is 17.6. The number of guanidine groups is 1. The van der Waals surface area contributed by atoms with Gasteiger partial charge in [0.25, 0.3) is 5.91 Å². The number of aliphatic hydroxyl groups is 3. The molecular weight excluding hydrogens is 913 g/mol. The lowest BCUT2D eigenvalue weighted by atomic mass is 9.94. The first-order valence-electron chi connectivity index (χ1n) is 22.4. The highest BCUT2D eigenvalue weighted by Gasteiger charge is 2.46. The van der Waals surface area contributed by atoms with Gasteiger partial charge in [0.05, 0.1) is 18.8 Å². The fourth-order valence-electron chi connectivity index (χ4n) is 7.29. The van der Waals surface area contributed by atoms with E-state index < -0.39 is 121 Å². The summed E-state index contributed by atoms with van der Waals surface area (Å²) in [6.45, 7) is 0.0471. The first kappa shape index (κ1) is 54.8.